The molecule has 5 aliphatic rings. The van der Waals surface area contributed by atoms with Gasteiger partial charge in [0.05, 0.1) is 11.1 Å². The summed E-state index contributed by atoms with van der Waals surface area (Å²) in [5.41, 5.74) is 0.735. The highest BCUT2D eigenvalue weighted by Crippen LogP contribution is 2.78. The van der Waals surface area contributed by atoms with Crippen LogP contribution in [0.5, 0.6) is 0 Å². The Kier molecular flexibility index (Phi) is 1.48. The third-order valence-corrected chi connectivity index (χ3v) is 7.62. The van der Waals surface area contributed by atoms with Crippen LogP contribution in [0.1, 0.15) is 46.0 Å². The number of nitrogens with zero attached hydrogens (tertiary/aromatic N) is 2. The second-order valence-electron chi connectivity index (χ2n) is 7.78. The number of azo groups is 1. The molecule has 1 heterocycles. The number of rotatable bonds is 0. The average molecular weight is 242 g/mol. The molecule has 2 nitrogen and oxygen atoms in total. The molecule has 6 atom stereocenters. The van der Waals surface area contributed by atoms with Crippen molar-refractivity contribution in [2.24, 2.45) is 39.3 Å². The molecule has 0 aromatic heterocycles. The molecule has 18 heavy (non-hydrogen) atoms. The average Bonchev–Trinajstić information content (AvgIpc) is 3.10. The van der Waals surface area contributed by atoms with E-state index < -0.39 is 0 Å². The molecule has 0 radical (unpaired) electrons. The maximum atomic E-state index is 4.90. The fourth-order valence-corrected chi connectivity index (χ4v) is 7.03. The molecule has 1 aliphatic heterocycles. The molecule has 0 N–H and O–H groups in total. The van der Waals surface area contributed by atoms with E-state index in [1.54, 1.807) is 0 Å². The molecule has 0 amide bonds. The van der Waals surface area contributed by atoms with E-state index in [2.05, 4.69) is 26.0 Å². The molecule has 4 bridgehead atoms. The van der Waals surface area contributed by atoms with Crippen molar-refractivity contribution in [1.82, 2.24) is 0 Å². The summed E-state index contributed by atoms with van der Waals surface area (Å²) in [4.78, 5) is 0. The van der Waals surface area contributed by atoms with Crippen LogP contribution in [0.15, 0.2) is 22.4 Å². The highest BCUT2D eigenvalue weighted by atomic mass is 15.3. The minimum absolute atomic E-state index is 0.160. The molecular weight excluding hydrogens is 220 g/mol. The van der Waals surface area contributed by atoms with Crippen molar-refractivity contribution in [3.63, 3.8) is 0 Å². The number of hydrogen-bond donors (Lipinski definition) is 0. The van der Waals surface area contributed by atoms with Gasteiger partial charge in [-0.25, -0.2) is 0 Å². The minimum Gasteiger partial charge on any atom is -0.186 e. The smallest absolute Gasteiger partial charge is 0.0905 e. The molecular formula is C16H22N2. The van der Waals surface area contributed by atoms with E-state index in [0.29, 0.717) is 5.41 Å². The Balaban J connectivity index is 1.76. The lowest BCUT2D eigenvalue weighted by Crippen LogP contribution is -2.48. The van der Waals surface area contributed by atoms with E-state index in [4.69, 9.17) is 10.2 Å². The molecule has 3 saturated carbocycles. The zero-order chi connectivity index (χ0) is 12.2. The normalized spacial score (nSPS) is 61.2. The van der Waals surface area contributed by atoms with Crippen LogP contribution >= 0.6 is 0 Å². The van der Waals surface area contributed by atoms with E-state index >= 15 is 0 Å². The van der Waals surface area contributed by atoms with Gasteiger partial charge < -0.3 is 0 Å². The predicted octanol–water partition coefficient (Wildman–Crippen LogP) is 3.98. The van der Waals surface area contributed by atoms with Crippen LogP contribution in [0.3, 0.4) is 0 Å². The first-order valence-electron chi connectivity index (χ1n) is 7.75. The molecule has 0 aromatic carbocycles. The number of hydrogen-bond acceptors (Lipinski definition) is 2. The molecule has 3 fully saturated rings. The van der Waals surface area contributed by atoms with E-state index in [0.717, 1.165) is 23.7 Å². The van der Waals surface area contributed by atoms with Crippen molar-refractivity contribution < 1.29 is 0 Å². The van der Waals surface area contributed by atoms with Crippen molar-refractivity contribution in [3.05, 3.63) is 12.2 Å². The van der Waals surface area contributed by atoms with Gasteiger partial charge in [-0.1, -0.05) is 25.0 Å². The van der Waals surface area contributed by atoms with Gasteiger partial charge in [-0.15, -0.1) is 0 Å². The van der Waals surface area contributed by atoms with Crippen molar-refractivity contribution in [2.75, 3.05) is 0 Å². The largest absolute Gasteiger partial charge is 0.186 e. The minimum atomic E-state index is 0.160. The first kappa shape index (κ1) is 10.2. The molecule has 0 saturated heterocycles. The highest BCUT2D eigenvalue weighted by molar-refractivity contribution is 5.37. The van der Waals surface area contributed by atoms with E-state index in [9.17, 15) is 0 Å². The topological polar surface area (TPSA) is 24.7 Å². The van der Waals surface area contributed by atoms with Gasteiger partial charge in [-0.05, 0) is 56.8 Å². The van der Waals surface area contributed by atoms with Gasteiger partial charge in [0.1, 0.15) is 0 Å². The zero-order valence-electron chi connectivity index (χ0n) is 11.4. The van der Waals surface area contributed by atoms with Crippen LogP contribution in [0, 0.1) is 29.1 Å². The third-order valence-electron chi connectivity index (χ3n) is 7.62. The molecule has 2 heteroatoms. The Morgan fingerprint density at radius 1 is 0.889 bits per heavy atom. The summed E-state index contributed by atoms with van der Waals surface area (Å²) in [6, 6.07) is 0. The molecule has 0 aromatic rings. The lowest BCUT2D eigenvalue weighted by Gasteiger charge is -2.41. The Labute approximate surface area is 109 Å². The van der Waals surface area contributed by atoms with Crippen molar-refractivity contribution in [3.8, 4) is 0 Å². The summed E-state index contributed by atoms with van der Waals surface area (Å²) in [5.74, 6) is 3.22. The lowest BCUT2D eigenvalue weighted by atomic mass is 9.62. The fourth-order valence-electron chi connectivity index (χ4n) is 7.03. The van der Waals surface area contributed by atoms with Crippen LogP contribution in [-0.2, 0) is 0 Å². The van der Waals surface area contributed by atoms with Gasteiger partial charge in [-0.2, -0.15) is 10.2 Å². The zero-order valence-corrected chi connectivity index (χ0v) is 11.4. The molecule has 4 aliphatic carbocycles. The van der Waals surface area contributed by atoms with E-state index in [1.807, 2.05) is 0 Å². The second-order valence-corrected chi connectivity index (χ2v) is 7.78. The summed E-state index contributed by atoms with van der Waals surface area (Å²) >= 11 is 0. The number of allylic oxidation sites excluding steroid dienone is 2. The fraction of sp³-hybridized carbons (Fsp3) is 0.875. The lowest BCUT2D eigenvalue weighted by molar-refractivity contribution is 0.116. The Bertz CT molecular complexity index is 451. The Hall–Kier alpha value is -0.660. The Morgan fingerprint density at radius 2 is 1.39 bits per heavy atom. The van der Waals surface area contributed by atoms with E-state index in [-0.39, 0.29) is 11.1 Å². The molecule has 5 rings (SSSR count). The SMILES string of the molecule is C[C@]12N=N[C@](C)([C@H]3[C@@H]1[C@H]1C=C[C@@H]3C1)C21CCCC1. The molecule has 96 valence electrons. The molecule has 1 spiro atoms. The van der Waals surface area contributed by atoms with Gasteiger partial charge in [0.15, 0.2) is 0 Å². The highest BCUT2D eigenvalue weighted by Gasteiger charge is 2.80. The first-order valence-corrected chi connectivity index (χ1v) is 7.75. The van der Waals surface area contributed by atoms with Crippen LogP contribution < -0.4 is 0 Å². The quantitative estimate of drug-likeness (QED) is 0.574. The van der Waals surface area contributed by atoms with Crippen molar-refractivity contribution >= 4 is 0 Å². The summed E-state index contributed by atoms with van der Waals surface area (Å²) in [6.07, 6.45) is 11.9. The maximum absolute atomic E-state index is 4.90. The number of fused-ring (bicyclic) bond motifs is 7. The summed E-state index contributed by atoms with van der Waals surface area (Å²) in [6.45, 7) is 4.90. The second kappa shape index (κ2) is 2.62. The Morgan fingerprint density at radius 3 is 1.89 bits per heavy atom. The van der Waals surface area contributed by atoms with Crippen LogP contribution in [0.2, 0.25) is 0 Å². The van der Waals surface area contributed by atoms with Gasteiger partial charge in [0.2, 0.25) is 0 Å². The van der Waals surface area contributed by atoms with Gasteiger partial charge in [0, 0.05) is 5.41 Å². The maximum Gasteiger partial charge on any atom is 0.0905 e. The first-order chi connectivity index (χ1) is 8.62. The standard InChI is InChI=1S/C16H22N2/c1-14-12-10-5-6-11(9-10)13(12)15(2,18-17-14)16(14)7-3-4-8-16/h5-6,10-13H,3-4,7-9H2,1-2H3/t10-,11+,12-,13+,14-,15+. The summed E-state index contributed by atoms with van der Waals surface area (Å²) in [5, 5.41) is 9.79. The van der Waals surface area contributed by atoms with Crippen LogP contribution in [0.4, 0.5) is 0 Å². The van der Waals surface area contributed by atoms with E-state index in [1.165, 1.54) is 32.1 Å². The molecule has 0 unspecified atom stereocenters. The van der Waals surface area contributed by atoms with Crippen LogP contribution in [-0.4, -0.2) is 11.1 Å². The van der Waals surface area contributed by atoms with Crippen molar-refractivity contribution in [1.29, 1.82) is 0 Å². The van der Waals surface area contributed by atoms with Gasteiger partial charge >= 0.3 is 0 Å². The van der Waals surface area contributed by atoms with Crippen molar-refractivity contribution in [2.45, 2.75) is 57.0 Å². The monoisotopic (exact) mass is 242 g/mol. The third kappa shape index (κ3) is 0.717. The van der Waals surface area contributed by atoms with Crippen LogP contribution in [0.25, 0.3) is 0 Å². The predicted molar refractivity (Wildman–Crippen MR) is 70.3 cm³/mol. The summed E-state index contributed by atoms with van der Waals surface area (Å²) < 4.78 is 0. The van der Waals surface area contributed by atoms with Gasteiger partial charge in [-0.3, -0.25) is 0 Å². The summed E-state index contributed by atoms with van der Waals surface area (Å²) in [7, 11) is 0. The van der Waals surface area contributed by atoms with Gasteiger partial charge in [0.25, 0.3) is 0 Å².